The summed E-state index contributed by atoms with van der Waals surface area (Å²) in [5.74, 6) is 0. The first-order valence-electron chi connectivity index (χ1n) is 2.90. The Bertz CT molecular complexity index is 112. The van der Waals surface area contributed by atoms with Gasteiger partial charge >= 0.3 is 0 Å². The molecule has 0 aliphatic heterocycles. The number of rotatable bonds is 3. The van der Waals surface area contributed by atoms with Gasteiger partial charge in [0.2, 0.25) is 0 Å². The van der Waals surface area contributed by atoms with Gasteiger partial charge in [-0.05, 0) is 0 Å². The van der Waals surface area contributed by atoms with Crippen LogP contribution in [0.5, 0.6) is 0 Å². The molecule has 0 saturated heterocycles. The van der Waals surface area contributed by atoms with E-state index in [4.69, 9.17) is 0 Å². The maximum absolute atomic E-state index is 10.2. The van der Waals surface area contributed by atoms with Gasteiger partial charge in [0.15, 0.2) is 0 Å². The predicted octanol–water partition coefficient (Wildman–Crippen LogP) is 2.17. The zero-order valence-electron chi connectivity index (χ0n) is 5.56. The first kappa shape index (κ1) is 8.88. The molecule has 0 amide bonds. The highest BCUT2D eigenvalue weighted by Gasteiger charge is 2.34. The summed E-state index contributed by atoms with van der Waals surface area (Å²) in [6, 6.07) is 0. The molecular formula is C5H10BrNO2. The summed E-state index contributed by atoms with van der Waals surface area (Å²) in [4.78, 5) is 9.96. The average molecular weight is 196 g/mol. The lowest BCUT2D eigenvalue weighted by molar-refractivity contribution is -0.536. The molecule has 0 unspecified atom stereocenters. The summed E-state index contributed by atoms with van der Waals surface area (Å²) in [6.45, 7) is 3.59. The summed E-state index contributed by atoms with van der Waals surface area (Å²) in [7, 11) is 0. The maximum Gasteiger partial charge on any atom is 0.274 e. The van der Waals surface area contributed by atoms with Crippen LogP contribution in [0.4, 0.5) is 0 Å². The van der Waals surface area contributed by atoms with Crippen LogP contribution in [0.15, 0.2) is 0 Å². The molecule has 0 aromatic rings. The molecular weight excluding hydrogens is 186 g/mol. The number of hydrogen-bond donors (Lipinski definition) is 0. The Morgan fingerprint density at radius 2 is 1.89 bits per heavy atom. The lowest BCUT2D eigenvalue weighted by atomic mass is 10.2. The Morgan fingerprint density at radius 1 is 1.56 bits per heavy atom. The van der Waals surface area contributed by atoms with E-state index < -0.39 is 4.45 Å². The van der Waals surface area contributed by atoms with Gasteiger partial charge in [-0.2, -0.15) is 0 Å². The van der Waals surface area contributed by atoms with Crippen LogP contribution in [0.25, 0.3) is 0 Å². The number of alkyl halides is 1. The van der Waals surface area contributed by atoms with Gasteiger partial charge in [-0.1, -0.05) is 13.8 Å². The van der Waals surface area contributed by atoms with E-state index in [1.54, 1.807) is 13.8 Å². The second kappa shape index (κ2) is 3.15. The number of halogens is 1. The predicted molar refractivity (Wildman–Crippen MR) is 39.2 cm³/mol. The molecule has 0 heterocycles. The van der Waals surface area contributed by atoms with Crippen molar-refractivity contribution >= 4 is 15.9 Å². The Kier molecular flexibility index (Phi) is 3.11. The molecule has 0 radical (unpaired) electrons. The van der Waals surface area contributed by atoms with Crippen molar-refractivity contribution < 1.29 is 4.92 Å². The highest BCUT2D eigenvalue weighted by Crippen LogP contribution is 2.26. The van der Waals surface area contributed by atoms with E-state index in [0.717, 1.165) is 0 Å². The Balaban J connectivity index is 4.09. The van der Waals surface area contributed by atoms with Crippen LogP contribution in [0.1, 0.15) is 26.7 Å². The van der Waals surface area contributed by atoms with Gasteiger partial charge in [0.05, 0.1) is 0 Å². The van der Waals surface area contributed by atoms with Crippen LogP contribution in [0.2, 0.25) is 0 Å². The molecule has 0 aromatic carbocycles. The Hall–Kier alpha value is -0.120. The first-order chi connectivity index (χ1) is 4.06. The molecule has 0 fully saturated rings. The maximum atomic E-state index is 10.2. The van der Waals surface area contributed by atoms with Gasteiger partial charge in [-0.15, -0.1) is 0 Å². The minimum Gasteiger partial charge on any atom is -0.263 e. The number of hydrogen-bond acceptors (Lipinski definition) is 2. The largest absolute Gasteiger partial charge is 0.274 e. The standard InChI is InChI=1S/C5H10BrNO2/c1-3-5(6,4-2)7(8)9/h3-4H2,1-2H3. The monoisotopic (exact) mass is 195 g/mol. The van der Waals surface area contributed by atoms with Crippen molar-refractivity contribution in [1.29, 1.82) is 0 Å². The quantitative estimate of drug-likeness (QED) is 0.300. The normalized spacial score (nSPS) is 11.4. The van der Waals surface area contributed by atoms with E-state index in [1.807, 2.05) is 0 Å². The zero-order chi connectivity index (χ0) is 7.49. The summed E-state index contributed by atoms with van der Waals surface area (Å²) < 4.78 is -0.882. The highest BCUT2D eigenvalue weighted by atomic mass is 79.9. The van der Waals surface area contributed by atoms with Gasteiger partial charge in [-0.25, -0.2) is 0 Å². The van der Waals surface area contributed by atoms with Gasteiger partial charge in [0.25, 0.3) is 4.45 Å². The van der Waals surface area contributed by atoms with Crippen LogP contribution in [-0.4, -0.2) is 9.37 Å². The fraction of sp³-hybridized carbons (Fsp3) is 1.00. The van der Waals surface area contributed by atoms with Crippen molar-refractivity contribution in [3.63, 3.8) is 0 Å². The molecule has 0 N–H and O–H groups in total. The van der Waals surface area contributed by atoms with Crippen molar-refractivity contribution in [2.75, 3.05) is 0 Å². The fourth-order valence-corrected chi connectivity index (χ4v) is 0.508. The average Bonchev–Trinajstić information content (AvgIpc) is 1.86. The van der Waals surface area contributed by atoms with Crippen LogP contribution in [0, 0.1) is 10.1 Å². The first-order valence-corrected chi connectivity index (χ1v) is 3.69. The molecule has 54 valence electrons. The second-order valence-electron chi connectivity index (χ2n) is 1.88. The molecule has 0 aliphatic rings. The van der Waals surface area contributed by atoms with Gasteiger partial charge in [-0.3, -0.25) is 10.1 Å². The summed E-state index contributed by atoms with van der Waals surface area (Å²) >= 11 is 3.05. The van der Waals surface area contributed by atoms with Crippen LogP contribution in [-0.2, 0) is 0 Å². The Morgan fingerprint density at radius 3 is 1.89 bits per heavy atom. The number of nitro groups is 1. The molecule has 0 saturated carbocycles. The van der Waals surface area contributed by atoms with Gasteiger partial charge in [0, 0.05) is 33.7 Å². The minimum atomic E-state index is -0.882. The van der Waals surface area contributed by atoms with E-state index in [9.17, 15) is 10.1 Å². The lowest BCUT2D eigenvalue weighted by Gasteiger charge is -2.13. The van der Waals surface area contributed by atoms with Crippen molar-refractivity contribution in [2.45, 2.75) is 31.1 Å². The third-order valence-electron chi connectivity index (χ3n) is 1.41. The summed E-state index contributed by atoms with van der Waals surface area (Å²) in [6.07, 6.45) is 1.05. The molecule has 0 rings (SSSR count). The highest BCUT2D eigenvalue weighted by molar-refractivity contribution is 9.10. The topological polar surface area (TPSA) is 43.1 Å². The van der Waals surface area contributed by atoms with E-state index >= 15 is 0 Å². The molecule has 0 atom stereocenters. The second-order valence-corrected chi connectivity index (χ2v) is 3.36. The minimum absolute atomic E-state index is 0.285. The van der Waals surface area contributed by atoms with Crippen molar-refractivity contribution in [3.05, 3.63) is 10.1 Å². The van der Waals surface area contributed by atoms with Crippen LogP contribution < -0.4 is 0 Å². The molecule has 4 heteroatoms. The van der Waals surface area contributed by atoms with E-state index in [-0.39, 0.29) is 4.92 Å². The third-order valence-corrected chi connectivity index (χ3v) is 2.82. The Labute approximate surface area is 62.7 Å². The van der Waals surface area contributed by atoms with E-state index in [2.05, 4.69) is 15.9 Å². The van der Waals surface area contributed by atoms with Crippen LogP contribution >= 0.6 is 15.9 Å². The molecule has 3 nitrogen and oxygen atoms in total. The molecule has 0 bridgehead atoms. The molecule has 0 aromatic heterocycles. The van der Waals surface area contributed by atoms with Gasteiger partial charge < -0.3 is 0 Å². The van der Waals surface area contributed by atoms with Crippen molar-refractivity contribution in [1.82, 2.24) is 0 Å². The lowest BCUT2D eigenvalue weighted by Crippen LogP contribution is -2.28. The van der Waals surface area contributed by atoms with Crippen LogP contribution in [0.3, 0.4) is 0 Å². The van der Waals surface area contributed by atoms with Gasteiger partial charge in [0.1, 0.15) is 0 Å². The summed E-state index contributed by atoms with van der Waals surface area (Å²) in [5.41, 5.74) is 0. The third kappa shape index (κ3) is 1.93. The van der Waals surface area contributed by atoms with E-state index in [0.29, 0.717) is 12.8 Å². The van der Waals surface area contributed by atoms with E-state index in [1.165, 1.54) is 0 Å². The van der Waals surface area contributed by atoms with Crippen molar-refractivity contribution in [3.8, 4) is 0 Å². The zero-order valence-corrected chi connectivity index (χ0v) is 7.14. The fourth-order valence-electron chi connectivity index (χ4n) is 0.508. The molecule has 0 aliphatic carbocycles. The SMILES string of the molecule is CCC(Br)(CC)[N+](=O)[O-]. The molecule has 9 heavy (non-hydrogen) atoms. The number of nitrogens with zero attached hydrogens (tertiary/aromatic N) is 1. The van der Waals surface area contributed by atoms with Crippen molar-refractivity contribution in [2.24, 2.45) is 0 Å². The summed E-state index contributed by atoms with van der Waals surface area (Å²) in [5, 5.41) is 10.2. The smallest absolute Gasteiger partial charge is 0.263 e. The molecule has 0 spiro atoms.